The number of carbonyl (C=O) groups is 2. The third-order valence-electron chi connectivity index (χ3n) is 4.99. The zero-order valence-electron chi connectivity index (χ0n) is 17.6. The van der Waals surface area contributed by atoms with E-state index in [1.807, 2.05) is 0 Å². The van der Waals surface area contributed by atoms with Crippen molar-refractivity contribution < 1.29 is 35.9 Å². The van der Waals surface area contributed by atoms with Crippen molar-refractivity contribution in [1.29, 1.82) is 0 Å². The quantitative estimate of drug-likeness (QED) is 0.387. The van der Waals surface area contributed by atoms with Crippen LogP contribution in [0.15, 0.2) is 59.4 Å². The Morgan fingerprint density at radius 2 is 1.26 bits per heavy atom. The van der Waals surface area contributed by atoms with Crippen molar-refractivity contribution in [2.45, 2.75) is 26.2 Å². The molecule has 0 spiro atoms. The standard InChI is InChI=1S/C23H16F6N2O3/c1-12-18(20(33)30-16-7-3-14(4-8-16)22(24,25)26)11-19(13(2)32)21(34)31(12)17-9-5-15(6-10-17)23(27,28)29/h3-11H,1-2H3,(H,30,33). The second-order valence-corrected chi connectivity index (χ2v) is 7.33. The monoisotopic (exact) mass is 482 g/mol. The molecule has 1 aromatic heterocycles. The van der Waals surface area contributed by atoms with Gasteiger partial charge < -0.3 is 5.32 Å². The molecule has 0 radical (unpaired) electrons. The first-order valence-corrected chi connectivity index (χ1v) is 9.64. The number of nitrogens with one attached hydrogen (secondary N) is 1. The zero-order chi connectivity index (χ0) is 25.4. The average molecular weight is 482 g/mol. The molecule has 178 valence electrons. The van der Waals surface area contributed by atoms with Gasteiger partial charge in [-0.3, -0.25) is 19.0 Å². The fourth-order valence-electron chi connectivity index (χ4n) is 3.24. The van der Waals surface area contributed by atoms with Crippen LogP contribution in [0.3, 0.4) is 0 Å². The summed E-state index contributed by atoms with van der Waals surface area (Å²) in [7, 11) is 0. The lowest BCUT2D eigenvalue weighted by Gasteiger charge is -2.17. The van der Waals surface area contributed by atoms with Crippen LogP contribution in [0.4, 0.5) is 32.0 Å². The lowest BCUT2D eigenvalue weighted by Crippen LogP contribution is -2.29. The van der Waals surface area contributed by atoms with E-state index in [9.17, 15) is 40.7 Å². The summed E-state index contributed by atoms with van der Waals surface area (Å²) in [6.45, 7) is 2.44. The number of Topliss-reactive ketones (excluding diaryl/α,β-unsaturated/α-hetero) is 1. The molecular weight excluding hydrogens is 466 g/mol. The van der Waals surface area contributed by atoms with Crippen LogP contribution in [0.25, 0.3) is 5.69 Å². The van der Waals surface area contributed by atoms with Gasteiger partial charge >= 0.3 is 12.4 Å². The molecule has 1 amide bonds. The van der Waals surface area contributed by atoms with E-state index < -0.39 is 40.7 Å². The molecule has 34 heavy (non-hydrogen) atoms. The first-order chi connectivity index (χ1) is 15.7. The lowest BCUT2D eigenvalue weighted by molar-refractivity contribution is -0.138. The third kappa shape index (κ3) is 5.03. The second kappa shape index (κ2) is 8.81. The van der Waals surface area contributed by atoms with Gasteiger partial charge in [0, 0.05) is 17.1 Å². The van der Waals surface area contributed by atoms with Gasteiger partial charge in [0.25, 0.3) is 11.5 Å². The van der Waals surface area contributed by atoms with Crippen LogP contribution in [-0.4, -0.2) is 16.3 Å². The summed E-state index contributed by atoms with van der Waals surface area (Å²) < 4.78 is 77.8. The number of hydrogen-bond acceptors (Lipinski definition) is 3. The molecule has 0 unspecified atom stereocenters. The van der Waals surface area contributed by atoms with Gasteiger partial charge in [-0.2, -0.15) is 26.3 Å². The Kier molecular flexibility index (Phi) is 6.41. The first kappa shape index (κ1) is 24.7. The molecule has 5 nitrogen and oxygen atoms in total. The Labute approximate surface area is 188 Å². The normalized spacial score (nSPS) is 11.9. The summed E-state index contributed by atoms with van der Waals surface area (Å²) >= 11 is 0. The summed E-state index contributed by atoms with van der Waals surface area (Å²) in [5, 5.41) is 2.39. The number of ketones is 1. The molecule has 1 heterocycles. The molecule has 0 aliphatic heterocycles. The highest BCUT2D eigenvalue weighted by molar-refractivity contribution is 6.06. The van der Waals surface area contributed by atoms with E-state index in [2.05, 4.69) is 5.32 Å². The molecule has 0 saturated carbocycles. The number of nitrogens with zero attached hydrogens (tertiary/aromatic N) is 1. The molecule has 0 aliphatic rings. The summed E-state index contributed by atoms with van der Waals surface area (Å²) in [5.41, 5.74) is -3.24. The molecule has 3 rings (SSSR count). The molecule has 0 saturated heterocycles. The minimum Gasteiger partial charge on any atom is -0.322 e. The number of hydrogen-bond donors (Lipinski definition) is 1. The van der Waals surface area contributed by atoms with Gasteiger partial charge in [0.05, 0.1) is 22.3 Å². The fourth-order valence-corrected chi connectivity index (χ4v) is 3.24. The Hall–Kier alpha value is -3.89. The topological polar surface area (TPSA) is 68.2 Å². The summed E-state index contributed by atoms with van der Waals surface area (Å²) in [4.78, 5) is 37.7. The highest BCUT2D eigenvalue weighted by Crippen LogP contribution is 2.31. The third-order valence-corrected chi connectivity index (χ3v) is 4.99. The van der Waals surface area contributed by atoms with Crippen molar-refractivity contribution in [3.63, 3.8) is 0 Å². The van der Waals surface area contributed by atoms with Crippen molar-refractivity contribution >= 4 is 17.4 Å². The SMILES string of the molecule is CC(=O)c1cc(C(=O)Nc2ccc(C(F)(F)F)cc2)c(C)n(-c2ccc(C(F)(F)F)cc2)c1=O. The maximum atomic E-state index is 12.9. The van der Waals surface area contributed by atoms with Crippen LogP contribution in [-0.2, 0) is 12.4 Å². The van der Waals surface area contributed by atoms with Crippen molar-refractivity contribution in [3.05, 3.63) is 92.9 Å². The van der Waals surface area contributed by atoms with E-state index in [0.717, 1.165) is 66.1 Å². The van der Waals surface area contributed by atoms with Crippen molar-refractivity contribution in [1.82, 2.24) is 4.57 Å². The predicted octanol–water partition coefficient (Wildman–Crippen LogP) is 5.64. The Morgan fingerprint density at radius 3 is 1.71 bits per heavy atom. The van der Waals surface area contributed by atoms with Crippen LogP contribution < -0.4 is 10.9 Å². The van der Waals surface area contributed by atoms with Crippen LogP contribution in [0.5, 0.6) is 0 Å². The Balaban J connectivity index is 2.06. The zero-order valence-corrected chi connectivity index (χ0v) is 17.6. The largest absolute Gasteiger partial charge is 0.416 e. The van der Waals surface area contributed by atoms with Crippen LogP contribution in [0, 0.1) is 6.92 Å². The second-order valence-electron chi connectivity index (χ2n) is 7.33. The number of halogens is 6. The van der Waals surface area contributed by atoms with Gasteiger partial charge in [-0.05, 0) is 68.4 Å². The summed E-state index contributed by atoms with van der Waals surface area (Å²) in [5.74, 6) is -1.52. The van der Waals surface area contributed by atoms with Crippen molar-refractivity contribution in [2.24, 2.45) is 0 Å². The molecule has 0 fully saturated rings. The van der Waals surface area contributed by atoms with Crippen molar-refractivity contribution in [2.75, 3.05) is 5.32 Å². The minimum absolute atomic E-state index is 0.0119. The Bertz CT molecular complexity index is 1310. The number of benzene rings is 2. The molecular formula is C23H16F6N2O3. The number of amides is 1. The summed E-state index contributed by atoms with van der Waals surface area (Å²) in [6.07, 6.45) is -9.17. The predicted molar refractivity (Wildman–Crippen MR) is 111 cm³/mol. The number of carbonyl (C=O) groups excluding carboxylic acids is 2. The van der Waals surface area contributed by atoms with Gasteiger partial charge in [0.2, 0.25) is 0 Å². The highest BCUT2D eigenvalue weighted by Gasteiger charge is 2.31. The van der Waals surface area contributed by atoms with E-state index in [0.29, 0.717) is 0 Å². The minimum atomic E-state index is -4.60. The maximum Gasteiger partial charge on any atom is 0.416 e. The molecule has 0 atom stereocenters. The first-order valence-electron chi connectivity index (χ1n) is 9.64. The van der Waals surface area contributed by atoms with E-state index >= 15 is 0 Å². The van der Waals surface area contributed by atoms with Crippen LogP contribution >= 0.6 is 0 Å². The number of rotatable bonds is 4. The van der Waals surface area contributed by atoms with E-state index in [1.165, 1.54) is 6.92 Å². The maximum absolute atomic E-state index is 12.9. The van der Waals surface area contributed by atoms with Crippen LogP contribution in [0.1, 0.15) is 44.5 Å². The number of aromatic nitrogens is 1. The van der Waals surface area contributed by atoms with E-state index in [-0.39, 0.29) is 28.2 Å². The Morgan fingerprint density at radius 1 is 0.794 bits per heavy atom. The van der Waals surface area contributed by atoms with Gasteiger partial charge in [-0.25, -0.2) is 0 Å². The van der Waals surface area contributed by atoms with Crippen LogP contribution in [0.2, 0.25) is 0 Å². The molecule has 3 aromatic rings. The molecule has 1 N–H and O–H groups in total. The van der Waals surface area contributed by atoms with E-state index in [1.54, 1.807) is 0 Å². The molecule has 0 aliphatic carbocycles. The molecule has 0 bridgehead atoms. The van der Waals surface area contributed by atoms with Gasteiger partial charge in [-0.15, -0.1) is 0 Å². The van der Waals surface area contributed by atoms with Gasteiger partial charge in [0.1, 0.15) is 0 Å². The van der Waals surface area contributed by atoms with Gasteiger partial charge in [-0.1, -0.05) is 0 Å². The van der Waals surface area contributed by atoms with Gasteiger partial charge in [0.15, 0.2) is 5.78 Å². The smallest absolute Gasteiger partial charge is 0.322 e. The average Bonchev–Trinajstić information content (AvgIpc) is 2.73. The summed E-state index contributed by atoms with van der Waals surface area (Å²) in [6, 6.07) is 8.21. The van der Waals surface area contributed by atoms with Crippen molar-refractivity contribution in [3.8, 4) is 5.69 Å². The molecule has 2 aromatic carbocycles. The fraction of sp³-hybridized carbons (Fsp3) is 0.174. The number of pyridine rings is 1. The number of anilines is 1. The number of alkyl halides is 6. The van der Waals surface area contributed by atoms with E-state index in [4.69, 9.17) is 0 Å². The molecule has 11 heteroatoms. The lowest BCUT2D eigenvalue weighted by atomic mass is 10.1. The highest BCUT2D eigenvalue weighted by atomic mass is 19.4.